The van der Waals surface area contributed by atoms with Crippen LogP contribution in [0.5, 0.6) is 5.88 Å². The highest BCUT2D eigenvalue weighted by molar-refractivity contribution is 6.35. The second kappa shape index (κ2) is 6.08. The highest BCUT2D eigenvalue weighted by Crippen LogP contribution is 2.26. The van der Waals surface area contributed by atoms with Crippen molar-refractivity contribution in [1.82, 2.24) is 9.88 Å². The van der Waals surface area contributed by atoms with Crippen molar-refractivity contribution >= 4 is 17.4 Å². The van der Waals surface area contributed by atoms with Gasteiger partial charge in [0.15, 0.2) is 5.84 Å². The topological polar surface area (TPSA) is 84.0 Å². The maximum atomic E-state index is 8.66. The van der Waals surface area contributed by atoms with Crippen molar-refractivity contribution in [2.45, 2.75) is 18.9 Å². The third-order valence-electron chi connectivity index (χ3n) is 3.09. The number of hydrogen-bond donors (Lipinski definition) is 2. The molecule has 0 saturated heterocycles. The van der Waals surface area contributed by atoms with Gasteiger partial charge in [0.05, 0.1) is 0 Å². The SMILES string of the molecule is CN(CCOc1nccc(/C(N)=N/O)c1Cl)C1CC1. The van der Waals surface area contributed by atoms with Gasteiger partial charge in [0.25, 0.3) is 0 Å². The quantitative estimate of drug-likeness (QED) is 0.356. The van der Waals surface area contributed by atoms with E-state index in [2.05, 4.69) is 22.1 Å². The number of ether oxygens (including phenoxy) is 1. The predicted molar refractivity (Wildman–Crippen MR) is 72.9 cm³/mol. The van der Waals surface area contributed by atoms with Gasteiger partial charge in [0.2, 0.25) is 5.88 Å². The minimum atomic E-state index is -0.0626. The average Bonchev–Trinajstić information content (AvgIpc) is 3.24. The molecule has 6 nitrogen and oxygen atoms in total. The lowest BCUT2D eigenvalue weighted by atomic mass is 10.2. The van der Waals surface area contributed by atoms with Crippen LogP contribution in [0.3, 0.4) is 0 Å². The molecule has 0 bridgehead atoms. The third-order valence-corrected chi connectivity index (χ3v) is 3.46. The van der Waals surface area contributed by atoms with E-state index < -0.39 is 0 Å². The number of halogens is 1. The maximum absolute atomic E-state index is 8.66. The highest BCUT2D eigenvalue weighted by Gasteiger charge is 2.25. The number of rotatable bonds is 6. The normalized spacial score (nSPS) is 15.8. The van der Waals surface area contributed by atoms with Crippen molar-refractivity contribution in [1.29, 1.82) is 0 Å². The summed E-state index contributed by atoms with van der Waals surface area (Å²) in [5, 5.41) is 11.8. The van der Waals surface area contributed by atoms with Crippen molar-refractivity contribution < 1.29 is 9.94 Å². The van der Waals surface area contributed by atoms with Crippen LogP contribution in [0.15, 0.2) is 17.4 Å². The summed E-state index contributed by atoms with van der Waals surface area (Å²) in [5.74, 6) is 0.238. The van der Waals surface area contributed by atoms with Gasteiger partial charge in [0, 0.05) is 24.3 Å². The standard InChI is InChI=1S/C12H17ClN4O2/c1-17(8-2-3-8)6-7-19-12-10(13)9(4-5-15-12)11(14)16-18/h4-5,8,18H,2-3,6-7H2,1H3,(H2,14,16). The zero-order valence-corrected chi connectivity index (χ0v) is 11.5. The number of nitrogens with two attached hydrogens (primary N) is 1. The van der Waals surface area contributed by atoms with E-state index in [-0.39, 0.29) is 10.9 Å². The molecule has 7 heteroatoms. The molecule has 1 aliphatic rings. The third kappa shape index (κ3) is 3.48. The first-order chi connectivity index (χ1) is 9.13. The van der Waals surface area contributed by atoms with Gasteiger partial charge in [-0.05, 0) is 26.0 Å². The van der Waals surface area contributed by atoms with Gasteiger partial charge in [-0.2, -0.15) is 0 Å². The van der Waals surface area contributed by atoms with Crippen LogP contribution >= 0.6 is 11.6 Å². The van der Waals surface area contributed by atoms with Crippen LogP contribution in [-0.4, -0.2) is 47.2 Å². The molecule has 1 fully saturated rings. The summed E-state index contributed by atoms with van der Waals surface area (Å²) in [7, 11) is 2.07. The second-order valence-electron chi connectivity index (χ2n) is 4.52. The van der Waals surface area contributed by atoms with E-state index in [9.17, 15) is 0 Å². The smallest absolute Gasteiger partial charge is 0.233 e. The Morgan fingerprint density at radius 3 is 3.05 bits per heavy atom. The summed E-state index contributed by atoms with van der Waals surface area (Å²) < 4.78 is 5.54. The fraction of sp³-hybridized carbons (Fsp3) is 0.500. The first kappa shape index (κ1) is 13.9. The molecule has 0 radical (unpaired) electrons. The van der Waals surface area contributed by atoms with Crippen molar-refractivity contribution in [3.8, 4) is 5.88 Å². The summed E-state index contributed by atoms with van der Waals surface area (Å²) in [6, 6.07) is 2.26. The second-order valence-corrected chi connectivity index (χ2v) is 4.90. The Morgan fingerprint density at radius 1 is 1.68 bits per heavy atom. The molecule has 0 amide bonds. The molecule has 0 aromatic carbocycles. The molecular weight excluding hydrogens is 268 g/mol. The van der Waals surface area contributed by atoms with E-state index in [0.29, 0.717) is 24.1 Å². The van der Waals surface area contributed by atoms with Crippen LogP contribution in [0.2, 0.25) is 5.02 Å². The van der Waals surface area contributed by atoms with Gasteiger partial charge < -0.3 is 20.6 Å². The Hall–Kier alpha value is -1.53. The number of hydrogen-bond acceptors (Lipinski definition) is 5. The lowest BCUT2D eigenvalue weighted by Gasteiger charge is -2.16. The number of likely N-dealkylation sites (N-methyl/N-ethyl adjacent to an activating group) is 1. The zero-order valence-electron chi connectivity index (χ0n) is 10.7. The molecule has 1 aliphatic carbocycles. The molecule has 3 N–H and O–H groups in total. The Kier molecular flexibility index (Phi) is 4.44. The molecule has 104 valence electrons. The van der Waals surface area contributed by atoms with Gasteiger partial charge in [-0.15, -0.1) is 0 Å². The van der Waals surface area contributed by atoms with Gasteiger partial charge in [-0.1, -0.05) is 16.8 Å². The van der Waals surface area contributed by atoms with Crippen LogP contribution in [0.25, 0.3) is 0 Å². The van der Waals surface area contributed by atoms with Gasteiger partial charge in [-0.25, -0.2) is 4.98 Å². The largest absolute Gasteiger partial charge is 0.475 e. The minimum Gasteiger partial charge on any atom is -0.475 e. The summed E-state index contributed by atoms with van der Waals surface area (Å²) in [6.45, 7) is 1.32. The Bertz CT molecular complexity index is 477. The number of oxime groups is 1. The summed E-state index contributed by atoms with van der Waals surface area (Å²) in [4.78, 5) is 6.30. The monoisotopic (exact) mass is 284 g/mol. The van der Waals surface area contributed by atoms with Gasteiger partial charge in [0.1, 0.15) is 11.6 Å². The van der Waals surface area contributed by atoms with E-state index in [0.717, 1.165) is 6.54 Å². The van der Waals surface area contributed by atoms with Crippen LogP contribution in [-0.2, 0) is 0 Å². The molecule has 2 rings (SSSR count). The van der Waals surface area contributed by atoms with E-state index in [1.54, 1.807) is 6.07 Å². The summed E-state index contributed by atoms with van der Waals surface area (Å²) in [5.41, 5.74) is 5.92. The van der Waals surface area contributed by atoms with E-state index in [4.69, 9.17) is 27.3 Å². The lowest BCUT2D eigenvalue weighted by Crippen LogP contribution is -2.26. The molecule has 0 aliphatic heterocycles. The Balaban J connectivity index is 1.96. The predicted octanol–water partition coefficient (Wildman–Crippen LogP) is 1.30. The Morgan fingerprint density at radius 2 is 2.42 bits per heavy atom. The van der Waals surface area contributed by atoms with Crippen LogP contribution in [0.4, 0.5) is 0 Å². The lowest BCUT2D eigenvalue weighted by molar-refractivity contribution is 0.226. The molecule has 1 aromatic heterocycles. The molecular formula is C12H17ClN4O2. The van der Waals surface area contributed by atoms with E-state index in [1.165, 1.54) is 19.0 Å². The average molecular weight is 285 g/mol. The zero-order chi connectivity index (χ0) is 13.8. The van der Waals surface area contributed by atoms with Gasteiger partial charge in [-0.3, -0.25) is 0 Å². The number of pyridine rings is 1. The first-order valence-electron chi connectivity index (χ1n) is 6.09. The van der Waals surface area contributed by atoms with Crippen molar-refractivity contribution in [3.63, 3.8) is 0 Å². The van der Waals surface area contributed by atoms with Crippen molar-refractivity contribution in [2.75, 3.05) is 20.2 Å². The number of amidine groups is 1. The molecule has 1 heterocycles. The molecule has 0 unspecified atom stereocenters. The minimum absolute atomic E-state index is 0.0626. The number of nitrogens with zero attached hydrogens (tertiary/aromatic N) is 3. The summed E-state index contributed by atoms with van der Waals surface area (Å²) >= 11 is 6.10. The fourth-order valence-corrected chi connectivity index (χ4v) is 2.02. The van der Waals surface area contributed by atoms with Crippen LogP contribution in [0.1, 0.15) is 18.4 Å². The number of aromatic nitrogens is 1. The Labute approximate surface area is 116 Å². The van der Waals surface area contributed by atoms with E-state index >= 15 is 0 Å². The van der Waals surface area contributed by atoms with Gasteiger partial charge >= 0.3 is 0 Å². The van der Waals surface area contributed by atoms with Crippen molar-refractivity contribution in [3.05, 3.63) is 22.8 Å². The maximum Gasteiger partial charge on any atom is 0.233 e. The fourth-order valence-electron chi connectivity index (χ4n) is 1.76. The first-order valence-corrected chi connectivity index (χ1v) is 6.46. The molecule has 1 saturated carbocycles. The highest BCUT2D eigenvalue weighted by atomic mass is 35.5. The van der Waals surface area contributed by atoms with Crippen LogP contribution in [0, 0.1) is 0 Å². The molecule has 0 atom stereocenters. The summed E-state index contributed by atoms with van der Waals surface area (Å²) in [6.07, 6.45) is 4.03. The molecule has 1 aromatic rings. The van der Waals surface area contributed by atoms with Crippen molar-refractivity contribution in [2.24, 2.45) is 10.9 Å². The molecule has 19 heavy (non-hydrogen) atoms. The molecule has 0 spiro atoms. The van der Waals surface area contributed by atoms with Crippen LogP contribution < -0.4 is 10.5 Å². The van der Waals surface area contributed by atoms with E-state index in [1.807, 2.05) is 0 Å².